The van der Waals surface area contributed by atoms with Gasteiger partial charge >= 0.3 is 0 Å². The molecule has 4 aromatic carbocycles. The Labute approximate surface area is 206 Å². The van der Waals surface area contributed by atoms with E-state index in [0.29, 0.717) is 5.56 Å². The first-order chi connectivity index (χ1) is 16.9. The summed E-state index contributed by atoms with van der Waals surface area (Å²) in [6, 6.07) is 35.9. The van der Waals surface area contributed by atoms with Gasteiger partial charge in [0.15, 0.2) is 0 Å². The number of aliphatic hydroxyl groups excluding tert-OH is 1. The van der Waals surface area contributed by atoms with Gasteiger partial charge in [-0.1, -0.05) is 109 Å². The Morgan fingerprint density at radius 1 is 0.686 bits per heavy atom. The summed E-state index contributed by atoms with van der Waals surface area (Å²) < 4.78 is 37.0. The van der Waals surface area contributed by atoms with Gasteiger partial charge in [-0.2, -0.15) is 8.42 Å². The molecule has 0 fully saturated rings. The Bertz CT molecular complexity index is 1230. The van der Waals surface area contributed by atoms with Crippen LogP contribution in [0.1, 0.15) is 22.3 Å². The van der Waals surface area contributed by atoms with Crippen molar-refractivity contribution in [2.45, 2.75) is 23.5 Å². The second-order valence-electron chi connectivity index (χ2n) is 8.25. The van der Waals surface area contributed by atoms with Gasteiger partial charge in [0.1, 0.15) is 11.7 Å². The van der Waals surface area contributed by atoms with Gasteiger partial charge in [-0.05, 0) is 35.2 Å². The first-order valence-corrected chi connectivity index (χ1v) is 12.8. The maximum absolute atomic E-state index is 12.6. The lowest BCUT2D eigenvalue weighted by atomic mass is 9.80. The maximum Gasteiger partial charge on any atom is 0.297 e. The van der Waals surface area contributed by atoms with E-state index in [1.54, 1.807) is 25.1 Å². The third-order valence-corrected chi connectivity index (χ3v) is 7.25. The molecule has 0 heterocycles. The van der Waals surface area contributed by atoms with Gasteiger partial charge < -0.3 is 9.84 Å². The smallest absolute Gasteiger partial charge is 0.297 e. The first kappa shape index (κ1) is 24.8. The number of benzene rings is 4. The fraction of sp³-hybridized carbons (Fsp3) is 0.172. The molecular weight excluding hydrogens is 460 g/mol. The highest BCUT2D eigenvalue weighted by atomic mass is 32.2. The summed E-state index contributed by atoms with van der Waals surface area (Å²) in [6.45, 7) is 1.12. The molecule has 1 atom stereocenters. The van der Waals surface area contributed by atoms with E-state index < -0.39 is 28.4 Å². The van der Waals surface area contributed by atoms with E-state index in [4.69, 9.17) is 8.92 Å². The van der Waals surface area contributed by atoms with Crippen molar-refractivity contribution in [2.24, 2.45) is 0 Å². The van der Waals surface area contributed by atoms with Crippen LogP contribution in [0.4, 0.5) is 0 Å². The highest BCUT2D eigenvalue weighted by Gasteiger charge is 2.38. The van der Waals surface area contributed by atoms with Crippen LogP contribution in [0.2, 0.25) is 0 Å². The van der Waals surface area contributed by atoms with E-state index in [-0.39, 0.29) is 11.5 Å². The number of ether oxygens (including phenoxy) is 1. The first-order valence-electron chi connectivity index (χ1n) is 11.4. The van der Waals surface area contributed by atoms with Crippen molar-refractivity contribution >= 4 is 10.1 Å². The standard InChI is InChI=1S/C29H28O5S/c1-23-13-11-12-20-28(23)35(31,32)34-22-27(30)21-33-29(24-14-5-2-6-15-24,25-16-7-3-8-17-25)26-18-9-4-10-19-26/h2-20,27,30H,21-22H2,1H3. The highest BCUT2D eigenvalue weighted by Crippen LogP contribution is 2.40. The minimum absolute atomic E-state index is 0.0836. The van der Waals surface area contributed by atoms with Crippen molar-refractivity contribution in [3.63, 3.8) is 0 Å². The SMILES string of the molecule is Cc1ccccc1S(=O)(=O)OCC(O)COC(c1ccccc1)(c1ccccc1)c1ccccc1. The Morgan fingerprint density at radius 2 is 1.11 bits per heavy atom. The van der Waals surface area contributed by atoms with Gasteiger partial charge in [0.05, 0.1) is 18.1 Å². The molecule has 6 heteroatoms. The van der Waals surface area contributed by atoms with E-state index in [1.807, 2.05) is 91.0 Å². The number of aryl methyl sites for hydroxylation is 1. The van der Waals surface area contributed by atoms with Crippen molar-refractivity contribution in [3.8, 4) is 0 Å². The third kappa shape index (κ3) is 5.52. The van der Waals surface area contributed by atoms with Gasteiger partial charge in [0.2, 0.25) is 0 Å². The quantitative estimate of drug-likeness (QED) is 0.249. The molecule has 180 valence electrons. The van der Waals surface area contributed by atoms with Crippen molar-refractivity contribution in [3.05, 3.63) is 138 Å². The molecule has 0 saturated carbocycles. The Morgan fingerprint density at radius 3 is 1.57 bits per heavy atom. The van der Waals surface area contributed by atoms with E-state index in [1.165, 1.54) is 6.07 Å². The van der Waals surface area contributed by atoms with Gasteiger partial charge in [-0.15, -0.1) is 0 Å². The van der Waals surface area contributed by atoms with Gasteiger partial charge in [0, 0.05) is 0 Å². The Balaban J connectivity index is 1.62. The average Bonchev–Trinajstić information content (AvgIpc) is 2.90. The molecule has 35 heavy (non-hydrogen) atoms. The molecule has 1 unspecified atom stereocenters. The van der Waals surface area contributed by atoms with E-state index in [9.17, 15) is 13.5 Å². The molecular formula is C29H28O5S. The average molecular weight is 489 g/mol. The second-order valence-corrected chi connectivity index (χ2v) is 9.83. The minimum atomic E-state index is -4.01. The summed E-state index contributed by atoms with van der Waals surface area (Å²) in [6.07, 6.45) is -1.18. The summed E-state index contributed by atoms with van der Waals surface area (Å²) in [5, 5.41) is 10.7. The van der Waals surface area contributed by atoms with E-state index >= 15 is 0 Å². The van der Waals surface area contributed by atoms with Crippen LogP contribution in [-0.4, -0.2) is 32.8 Å². The Hall–Kier alpha value is -3.29. The van der Waals surface area contributed by atoms with Crippen LogP contribution in [0.15, 0.2) is 120 Å². The van der Waals surface area contributed by atoms with Gasteiger partial charge in [-0.25, -0.2) is 0 Å². The number of hydrogen-bond acceptors (Lipinski definition) is 5. The van der Waals surface area contributed by atoms with Crippen LogP contribution in [0.3, 0.4) is 0 Å². The molecule has 0 aromatic heterocycles. The monoisotopic (exact) mass is 488 g/mol. The molecule has 0 radical (unpaired) electrons. The van der Waals surface area contributed by atoms with Crippen molar-refractivity contribution < 1.29 is 22.4 Å². The maximum atomic E-state index is 12.6. The number of rotatable bonds is 10. The molecule has 4 aromatic rings. The fourth-order valence-electron chi connectivity index (χ4n) is 4.11. The predicted molar refractivity (Wildman–Crippen MR) is 135 cm³/mol. The molecule has 0 amide bonds. The zero-order valence-electron chi connectivity index (χ0n) is 19.4. The molecule has 0 spiro atoms. The van der Waals surface area contributed by atoms with Crippen LogP contribution in [0.25, 0.3) is 0 Å². The molecule has 0 bridgehead atoms. The van der Waals surface area contributed by atoms with Crippen LogP contribution < -0.4 is 0 Å². The third-order valence-electron chi connectivity index (χ3n) is 5.81. The molecule has 0 aliphatic carbocycles. The lowest BCUT2D eigenvalue weighted by molar-refractivity contribution is -0.0487. The summed E-state index contributed by atoms with van der Waals surface area (Å²) in [5.41, 5.74) is 2.23. The highest BCUT2D eigenvalue weighted by molar-refractivity contribution is 7.86. The van der Waals surface area contributed by atoms with E-state index in [0.717, 1.165) is 16.7 Å². The van der Waals surface area contributed by atoms with Gasteiger partial charge in [-0.3, -0.25) is 4.18 Å². The van der Waals surface area contributed by atoms with Crippen LogP contribution in [0.5, 0.6) is 0 Å². The molecule has 1 N–H and O–H groups in total. The normalized spacial score (nSPS) is 12.9. The number of aliphatic hydroxyl groups is 1. The molecule has 5 nitrogen and oxygen atoms in total. The molecule has 0 aliphatic rings. The summed E-state index contributed by atoms with van der Waals surface area (Å²) in [5.74, 6) is 0. The summed E-state index contributed by atoms with van der Waals surface area (Å²) in [7, 11) is -4.01. The Kier molecular flexibility index (Phi) is 7.78. The lowest BCUT2D eigenvalue weighted by Gasteiger charge is -2.36. The minimum Gasteiger partial charge on any atom is -0.388 e. The summed E-state index contributed by atoms with van der Waals surface area (Å²) in [4.78, 5) is 0.0836. The van der Waals surface area contributed by atoms with Crippen LogP contribution >= 0.6 is 0 Å². The second kappa shape index (κ2) is 11.0. The van der Waals surface area contributed by atoms with Crippen molar-refractivity contribution in [1.29, 1.82) is 0 Å². The molecule has 0 saturated heterocycles. The molecule has 4 rings (SSSR count). The topological polar surface area (TPSA) is 72.8 Å². The van der Waals surface area contributed by atoms with E-state index in [2.05, 4.69) is 0 Å². The van der Waals surface area contributed by atoms with Crippen molar-refractivity contribution in [1.82, 2.24) is 0 Å². The lowest BCUT2D eigenvalue weighted by Crippen LogP contribution is -2.37. The largest absolute Gasteiger partial charge is 0.388 e. The zero-order chi connectivity index (χ0) is 24.7. The van der Waals surface area contributed by atoms with Crippen LogP contribution in [-0.2, 0) is 24.6 Å². The van der Waals surface area contributed by atoms with Gasteiger partial charge in [0.25, 0.3) is 10.1 Å². The fourth-order valence-corrected chi connectivity index (χ4v) is 5.28. The zero-order valence-corrected chi connectivity index (χ0v) is 20.3. The predicted octanol–water partition coefficient (Wildman–Crippen LogP) is 5.07. The molecule has 0 aliphatic heterocycles. The van der Waals surface area contributed by atoms with Crippen LogP contribution in [0, 0.1) is 6.92 Å². The van der Waals surface area contributed by atoms with Crippen molar-refractivity contribution in [2.75, 3.05) is 13.2 Å². The summed E-state index contributed by atoms with van der Waals surface area (Å²) >= 11 is 0. The number of hydrogen-bond donors (Lipinski definition) is 1.